The average molecular weight is 688 g/mol. The van der Waals surface area contributed by atoms with Crippen molar-refractivity contribution in [2.45, 2.75) is 117 Å². The van der Waals surface area contributed by atoms with Crippen LogP contribution < -0.4 is 5.32 Å². The van der Waals surface area contributed by atoms with Crippen molar-refractivity contribution in [3.8, 4) is 0 Å². The lowest BCUT2D eigenvalue weighted by molar-refractivity contribution is -0.165. The normalized spacial score (nSPS) is 21.4. The summed E-state index contributed by atoms with van der Waals surface area (Å²) in [5.74, 6) is -1.16. The number of aliphatic carboxylic acids is 1. The topological polar surface area (TPSA) is 210 Å². The summed E-state index contributed by atoms with van der Waals surface area (Å²) < 4.78 is 30.5. The lowest BCUT2D eigenvalue weighted by Crippen LogP contribution is -2.44. The first-order valence-corrected chi connectivity index (χ1v) is 15.9. The van der Waals surface area contributed by atoms with Gasteiger partial charge in [-0.3, -0.25) is 19.0 Å². The Balaban J connectivity index is 0.00000128. The number of piperidine rings is 1. The molecule has 2 aliphatic rings. The van der Waals surface area contributed by atoms with Gasteiger partial charge in [0.05, 0.1) is 12.0 Å². The molecule has 4 atom stereocenters. The Morgan fingerprint density at radius 2 is 1.55 bits per heavy atom. The number of nitrogens with zero attached hydrogens (tertiary/aromatic N) is 6. The standard InChI is InChI=1S/C30H41N7O8.C2H4O2/c1-16(38)41-23-22(19-13-20(35-45-19)29(3,4)5)43-27(24(23)42-17(2)39)37-15-33-21-25(31-14-32-26(21)37)34-18-9-11-36(12-10-18)28(40)44-30(6,7)8;1-2(3)4/h13-15,18,22-24,27H,9-12H2,1-8H3,(H,31,32,34);1H3,(H,3,4)/t22-,23-,24-,27-;/m1./s1. The van der Waals surface area contributed by atoms with Gasteiger partial charge in [0.1, 0.15) is 11.9 Å². The summed E-state index contributed by atoms with van der Waals surface area (Å²) >= 11 is 0. The minimum absolute atomic E-state index is 0.0321. The maximum atomic E-state index is 12.5. The zero-order valence-corrected chi connectivity index (χ0v) is 29.3. The molecule has 5 rings (SSSR count). The number of ether oxygens (including phenoxy) is 4. The molecule has 0 spiro atoms. The summed E-state index contributed by atoms with van der Waals surface area (Å²) in [4.78, 5) is 61.1. The number of carbonyl (C=O) groups is 4. The summed E-state index contributed by atoms with van der Waals surface area (Å²) in [6, 6.07) is 1.78. The van der Waals surface area contributed by atoms with Gasteiger partial charge in [0, 0.05) is 51.4 Å². The first kappa shape index (κ1) is 37.0. The number of anilines is 1. The molecule has 0 saturated carbocycles. The number of hydrogen-bond donors (Lipinski definition) is 2. The average Bonchev–Trinajstić information content (AvgIpc) is 3.70. The van der Waals surface area contributed by atoms with Crippen molar-refractivity contribution >= 4 is 41.0 Å². The summed E-state index contributed by atoms with van der Waals surface area (Å²) in [6.45, 7) is 16.2. The SMILES string of the molecule is CC(=O)O.CC(=O)O[C@@H]1[C@H](OC(C)=O)[C@@H](c2cc(C(C)(C)C)no2)O[C@H]1n1cnc2c(NC3CCN(C(=O)OC(C)(C)C)CC3)ncnc21. The number of fused-ring (bicyclic) bond motifs is 1. The lowest BCUT2D eigenvalue weighted by atomic mass is 9.92. The lowest BCUT2D eigenvalue weighted by Gasteiger charge is -2.33. The highest BCUT2D eigenvalue weighted by atomic mass is 16.6. The third-order valence-corrected chi connectivity index (χ3v) is 7.49. The van der Waals surface area contributed by atoms with E-state index in [2.05, 4.69) is 25.4 Å². The minimum Gasteiger partial charge on any atom is -0.481 e. The maximum Gasteiger partial charge on any atom is 0.410 e. The maximum absolute atomic E-state index is 12.5. The number of carbonyl (C=O) groups excluding carboxylic acids is 3. The Kier molecular flexibility index (Phi) is 11.2. The second kappa shape index (κ2) is 14.8. The number of hydrogen-bond acceptors (Lipinski definition) is 14. The number of nitrogens with one attached hydrogen (secondary N) is 1. The molecule has 0 aromatic carbocycles. The molecular formula is C32H45N7O10. The molecule has 2 N–H and O–H groups in total. The van der Waals surface area contributed by atoms with E-state index in [9.17, 15) is 14.4 Å². The van der Waals surface area contributed by atoms with Crippen LogP contribution in [0.3, 0.4) is 0 Å². The summed E-state index contributed by atoms with van der Waals surface area (Å²) in [7, 11) is 0. The van der Waals surface area contributed by atoms with Crippen molar-refractivity contribution in [1.29, 1.82) is 0 Å². The van der Waals surface area contributed by atoms with Crippen molar-refractivity contribution in [2.24, 2.45) is 0 Å². The molecule has 5 heterocycles. The van der Waals surface area contributed by atoms with E-state index in [-0.39, 0.29) is 17.6 Å². The van der Waals surface area contributed by atoms with Crippen LogP contribution >= 0.6 is 0 Å². The van der Waals surface area contributed by atoms with Crippen LogP contribution in [0.4, 0.5) is 10.6 Å². The first-order chi connectivity index (χ1) is 22.8. The molecule has 2 saturated heterocycles. The number of imidazole rings is 1. The van der Waals surface area contributed by atoms with E-state index in [0.717, 1.165) is 6.92 Å². The smallest absolute Gasteiger partial charge is 0.410 e. The van der Waals surface area contributed by atoms with Crippen molar-refractivity contribution in [2.75, 3.05) is 18.4 Å². The predicted octanol–water partition coefficient (Wildman–Crippen LogP) is 4.15. The number of esters is 2. The van der Waals surface area contributed by atoms with Gasteiger partial charge >= 0.3 is 18.0 Å². The fourth-order valence-electron chi connectivity index (χ4n) is 5.38. The van der Waals surface area contributed by atoms with Gasteiger partial charge in [0.15, 0.2) is 47.3 Å². The van der Waals surface area contributed by atoms with Crippen LogP contribution in [-0.2, 0) is 38.7 Å². The third kappa shape index (κ3) is 9.43. The van der Waals surface area contributed by atoms with Crippen LogP contribution in [-0.4, -0.2) is 95.6 Å². The Hall–Kier alpha value is -4.80. The van der Waals surface area contributed by atoms with Crippen LogP contribution in [0, 0.1) is 0 Å². The highest BCUT2D eigenvalue weighted by Crippen LogP contribution is 2.44. The fourth-order valence-corrected chi connectivity index (χ4v) is 5.38. The van der Waals surface area contributed by atoms with Gasteiger partial charge in [-0.25, -0.2) is 19.7 Å². The van der Waals surface area contributed by atoms with Crippen LogP contribution in [0.15, 0.2) is 23.2 Å². The van der Waals surface area contributed by atoms with Crippen LogP contribution in [0.25, 0.3) is 11.2 Å². The molecule has 3 aromatic rings. The second-order valence-corrected chi connectivity index (χ2v) is 13.9. The predicted molar refractivity (Wildman–Crippen MR) is 172 cm³/mol. The molecule has 2 aliphatic heterocycles. The molecule has 1 amide bonds. The Morgan fingerprint density at radius 3 is 2.10 bits per heavy atom. The van der Waals surface area contributed by atoms with Crippen molar-refractivity contribution in [1.82, 2.24) is 29.6 Å². The highest BCUT2D eigenvalue weighted by molar-refractivity contribution is 5.83. The number of likely N-dealkylation sites (tertiary alicyclic amines) is 1. The molecular weight excluding hydrogens is 642 g/mol. The molecule has 0 bridgehead atoms. The van der Waals surface area contributed by atoms with Gasteiger partial charge in [0.2, 0.25) is 0 Å². The largest absolute Gasteiger partial charge is 0.481 e. The van der Waals surface area contributed by atoms with E-state index in [4.69, 9.17) is 33.4 Å². The van der Waals surface area contributed by atoms with E-state index >= 15 is 0 Å². The van der Waals surface area contributed by atoms with Gasteiger partial charge < -0.3 is 38.8 Å². The van der Waals surface area contributed by atoms with E-state index in [0.29, 0.717) is 54.4 Å². The second-order valence-electron chi connectivity index (χ2n) is 13.9. The molecule has 0 radical (unpaired) electrons. The first-order valence-electron chi connectivity index (χ1n) is 15.9. The van der Waals surface area contributed by atoms with E-state index < -0.39 is 48.0 Å². The molecule has 2 fully saturated rings. The molecule has 0 aliphatic carbocycles. The third-order valence-electron chi connectivity index (χ3n) is 7.49. The van der Waals surface area contributed by atoms with Gasteiger partial charge in [-0.1, -0.05) is 25.9 Å². The van der Waals surface area contributed by atoms with Crippen LogP contribution in [0.5, 0.6) is 0 Å². The number of carboxylic acids is 1. The Morgan fingerprint density at radius 1 is 0.939 bits per heavy atom. The van der Waals surface area contributed by atoms with Crippen LogP contribution in [0.2, 0.25) is 0 Å². The zero-order chi connectivity index (χ0) is 36.3. The Bertz CT molecular complexity index is 1650. The summed E-state index contributed by atoms with van der Waals surface area (Å²) in [5, 5.41) is 15.0. The molecule has 268 valence electrons. The number of rotatable bonds is 6. The van der Waals surface area contributed by atoms with E-state index in [1.165, 1.54) is 26.5 Å². The summed E-state index contributed by atoms with van der Waals surface area (Å²) in [5.41, 5.74) is 0.704. The van der Waals surface area contributed by atoms with Crippen molar-refractivity contribution in [3.63, 3.8) is 0 Å². The van der Waals surface area contributed by atoms with Gasteiger partial charge in [-0.15, -0.1) is 0 Å². The molecule has 17 heteroatoms. The van der Waals surface area contributed by atoms with Gasteiger partial charge in [0.25, 0.3) is 5.97 Å². The molecule has 17 nitrogen and oxygen atoms in total. The van der Waals surface area contributed by atoms with Gasteiger partial charge in [-0.2, -0.15) is 0 Å². The van der Waals surface area contributed by atoms with Gasteiger partial charge in [-0.05, 0) is 33.6 Å². The minimum atomic E-state index is -1.06. The summed E-state index contributed by atoms with van der Waals surface area (Å²) in [6.07, 6.45) is -0.0312. The zero-order valence-electron chi connectivity index (χ0n) is 29.3. The molecule has 3 aromatic heterocycles. The quantitative estimate of drug-likeness (QED) is 0.275. The van der Waals surface area contributed by atoms with E-state index in [1.54, 1.807) is 15.5 Å². The highest BCUT2D eigenvalue weighted by Gasteiger charge is 2.53. The number of carboxylic acid groups (broad SMARTS) is 1. The van der Waals surface area contributed by atoms with Crippen LogP contribution in [0.1, 0.15) is 98.9 Å². The molecule has 0 unspecified atom stereocenters. The number of amides is 1. The monoisotopic (exact) mass is 687 g/mol. The molecule has 49 heavy (non-hydrogen) atoms. The van der Waals surface area contributed by atoms with Crippen molar-refractivity contribution < 1.29 is 47.8 Å². The van der Waals surface area contributed by atoms with Crippen molar-refractivity contribution in [3.05, 3.63) is 30.2 Å². The van der Waals surface area contributed by atoms with E-state index in [1.807, 2.05) is 41.5 Å². The number of aromatic nitrogens is 5. The fraction of sp³-hybridized carbons (Fsp3) is 0.625. The Labute approximate surface area is 283 Å².